The van der Waals surface area contributed by atoms with Gasteiger partial charge in [-0.05, 0) is 30.2 Å². The number of nitrogens with two attached hydrogens (primary N) is 1. The molecule has 0 bridgehead atoms. The van der Waals surface area contributed by atoms with E-state index in [2.05, 4.69) is 9.97 Å². The predicted octanol–water partition coefficient (Wildman–Crippen LogP) is 3.85. The first-order chi connectivity index (χ1) is 15.0. The van der Waals surface area contributed by atoms with Crippen LogP contribution in [0.1, 0.15) is 29.3 Å². The molecular weight excluding hydrogens is 410 g/mol. The fraction of sp³-hybridized carbons (Fsp3) is 0.217. The highest BCUT2D eigenvalue weighted by molar-refractivity contribution is 7.99. The van der Waals surface area contributed by atoms with Crippen molar-refractivity contribution in [2.75, 3.05) is 18.6 Å². The molecule has 158 valence electrons. The number of hydrazone groups is 1. The van der Waals surface area contributed by atoms with Crippen molar-refractivity contribution in [2.45, 2.75) is 24.5 Å². The van der Waals surface area contributed by atoms with Gasteiger partial charge in [-0.3, -0.25) is 4.79 Å². The number of rotatable bonds is 6. The van der Waals surface area contributed by atoms with E-state index in [0.717, 1.165) is 28.3 Å². The van der Waals surface area contributed by atoms with Gasteiger partial charge in [0.25, 0.3) is 5.91 Å². The molecule has 0 aliphatic carbocycles. The summed E-state index contributed by atoms with van der Waals surface area (Å²) < 4.78 is 5.27. The molecule has 31 heavy (non-hydrogen) atoms. The molecule has 1 aliphatic rings. The SMILES string of the molecule is COc1ccc(C2CC(c3ccccc3)=NN2C(=O)CSc2nc(C)cc(N)n2)cc1. The van der Waals surface area contributed by atoms with Gasteiger partial charge in [0, 0.05) is 18.2 Å². The number of benzene rings is 2. The Morgan fingerprint density at radius 2 is 1.90 bits per heavy atom. The van der Waals surface area contributed by atoms with Gasteiger partial charge in [0.2, 0.25) is 0 Å². The number of thioether (sulfide) groups is 1. The smallest absolute Gasteiger partial charge is 0.253 e. The van der Waals surface area contributed by atoms with Crippen LogP contribution in [0.2, 0.25) is 0 Å². The minimum atomic E-state index is -0.183. The van der Waals surface area contributed by atoms with Crippen molar-refractivity contribution in [3.8, 4) is 5.75 Å². The third-order valence-electron chi connectivity index (χ3n) is 4.95. The summed E-state index contributed by atoms with van der Waals surface area (Å²) in [6.45, 7) is 1.85. The lowest BCUT2D eigenvalue weighted by Gasteiger charge is -2.22. The molecule has 1 aliphatic heterocycles. The van der Waals surface area contributed by atoms with E-state index in [-0.39, 0.29) is 17.7 Å². The monoisotopic (exact) mass is 433 g/mol. The molecule has 0 radical (unpaired) electrons. The summed E-state index contributed by atoms with van der Waals surface area (Å²) in [7, 11) is 1.63. The first-order valence-electron chi connectivity index (χ1n) is 9.86. The Morgan fingerprint density at radius 1 is 1.16 bits per heavy atom. The van der Waals surface area contributed by atoms with Gasteiger partial charge in [0.05, 0.1) is 24.6 Å². The van der Waals surface area contributed by atoms with Crippen molar-refractivity contribution in [3.63, 3.8) is 0 Å². The highest BCUT2D eigenvalue weighted by atomic mass is 32.2. The Morgan fingerprint density at radius 3 is 2.58 bits per heavy atom. The lowest BCUT2D eigenvalue weighted by molar-refractivity contribution is -0.130. The van der Waals surface area contributed by atoms with Crippen LogP contribution in [-0.2, 0) is 4.79 Å². The average molecular weight is 434 g/mol. The van der Waals surface area contributed by atoms with Crippen molar-refractivity contribution in [3.05, 3.63) is 77.5 Å². The van der Waals surface area contributed by atoms with E-state index in [1.165, 1.54) is 11.8 Å². The van der Waals surface area contributed by atoms with Gasteiger partial charge in [-0.2, -0.15) is 5.10 Å². The number of nitrogens with zero attached hydrogens (tertiary/aromatic N) is 4. The van der Waals surface area contributed by atoms with Crippen molar-refractivity contribution >= 4 is 29.2 Å². The zero-order valence-electron chi connectivity index (χ0n) is 17.4. The van der Waals surface area contributed by atoms with E-state index in [1.54, 1.807) is 18.2 Å². The molecule has 1 atom stereocenters. The first-order valence-corrected chi connectivity index (χ1v) is 10.8. The van der Waals surface area contributed by atoms with E-state index in [0.29, 0.717) is 17.4 Å². The molecule has 0 fully saturated rings. The molecule has 3 aromatic rings. The maximum Gasteiger partial charge on any atom is 0.253 e. The van der Waals surface area contributed by atoms with Crippen molar-refractivity contribution in [2.24, 2.45) is 5.10 Å². The highest BCUT2D eigenvalue weighted by Crippen LogP contribution is 2.34. The summed E-state index contributed by atoms with van der Waals surface area (Å²) in [5, 5.41) is 6.76. The van der Waals surface area contributed by atoms with Gasteiger partial charge in [-0.25, -0.2) is 15.0 Å². The number of nitrogen functional groups attached to an aromatic ring is 1. The molecule has 7 nitrogen and oxygen atoms in total. The second-order valence-electron chi connectivity index (χ2n) is 7.15. The third-order valence-corrected chi connectivity index (χ3v) is 5.78. The summed E-state index contributed by atoms with van der Waals surface area (Å²) in [6.07, 6.45) is 0.640. The van der Waals surface area contributed by atoms with Crippen LogP contribution < -0.4 is 10.5 Å². The van der Waals surface area contributed by atoms with Crippen LogP contribution in [0.3, 0.4) is 0 Å². The van der Waals surface area contributed by atoms with E-state index in [9.17, 15) is 4.79 Å². The Hall–Kier alpha value is -3.39. The summed E-state index contributed by atoms with van der Waals surface area (Å²) in [5.74, 6) is 1.22. The molecule has 2 aromatic carbocycles. The molecule has 8 heteroatoms. The maximum absolute atomic E-state index is 13.2. The Bertz CT molecular complexity index is 1080. The van der Waals surface area contributed by atoms with E-state index < -0.39 is 0 Å². The number of carbonyl (C=O) groups excluding carboxylic acids is 1. The first kappa shape index (κ1) is 20.9. The van der Waals surface area contributed by atoms with Crippen molar-refractivity contribution < 1.29 is 9.53 Å². The van der Waals surface area contributed by atoms with E-state index in [1.807, 2.05) is 61.5 Å². The van der Waals surface area contributed by atoms with Gasteiger partial charge in [0.1, 0.15) is 11.6 Å². The average Bonchev–Trinajstić information content (AvgIpc) is 3.23. The van der Waals surface area contributed by atoms with Crippen LogP contribution in [0, 0.1) is 6.92 Å². The van der Waals surface area contributed by atoms with Gasteiger partial charge in [0.15, 0.2) is 5.16 Å². The highest BCUT2D eigenvalue weighted by Gasteiger charge is 2.33. The third kappa shape index (κ3) is 4.86. The van der Waals surface area contributed by atoms with Crippen molar-refractivity contribution in [1.29, 1.82) is 0 Å². The zero-order chi connectivity index (χ0) is 21.8. The van der Waals surface area contributed by atoms with Gasteiger partial charge in [-0.1, -0.05) is 54.2 Å². The van der Waals surface area contributed by atoms with Crippen LogP contribution in [0.15, 0.2) is 70.9 Å². The standard InChI is InChI=1S/C23H23N5O2S/c1-15-12-21(24)26-23(25-15)31-14-22(29)28-20(17-8-10-18(30-2)11-9-17)13-19(27-28)16-6-4-3-5-7-16/h3-12,20H,13-14H2,1-2H3,(H2,24,25,26). The minimum Gasteiger partial charge on any atom is -0.497 e. The second-order valence-corrected chi connectivity index (χ2v) is 8.09. The largest absolute Gasteiger partial charge is 0.497 e. The Balaban J connectivity index is 1.57. The zero-order valence-corrected chi connectivity index (χ0v) is 18.2. The van der Waals surface area contributed by atoms with Crippen LogP contribution >= 0.6 is 11.8 Å². The molecule has 4 rings (SSSR count). The number of hydrogen-bond donors (Lipinski definition) is 1. The number of hydrogen-bond acceptors (Lipinski definition) is 7. The number of carbonyl (C=O) groups is 1. The fourth-order valence-electron chi connectivity index (χ4n) is 3.45. The van der Waals surface area contributed by atoms with Crippen LogP contribution in [0.5, 0.6) is 5.75 Å². The van der Waals surface area contributed by atoms with Gasteiger partial charge >= 0.3 is 0 Å². The number of aromatic nitrogens is 2. The molecule has 1 amide bonds. The second kappa shape index (κ2) is 9.18. The normalized spacial score (nSPS) is 15.6. The number of ether oxygens (including phenoxy) is 1. The molecule has 2 heterocycles. The molecule has 0 saturated heterocycles. The fourth-order valence-corrected chi connectivity index (χ4v) is 4.22. The quantitative estimate of drug-likeness (QED) is 0.469. The Labute approximate surface area is 185 Å². The summed E-state index contributed by atoms with van der Waals surface area (Å²) in [4.78, 5) is 21.7. The maximum atomic E-state index is 13.2. The summed E-state index contributed by atoms with van der Waals surface area (Å²) in [5.41, 5.74) is 9.47. The predicted molar refractivity (Wildman–Crippen MR) is 122 cm³/mol. The minimum absolute atomic E-state index is 0.111. The molecule has 2 N–H and O–H groups in total. The van der Waals surface area contributed by atoms with E-state index >= 15 is 0 Å². The number of amides is 1. The number of methoxy groups -OCH3 is 1. The molecule has 0 spiro atoms. The lowest BCUT2D eigenvalue weighted by atomic mass is 9.98. The number of aryl methyl sites for hydroxylation is 1. The molecule has 1 unspecified atom stereocenters. The lowest BCUT2D eigenvalue weighted by Crippen LogP contribution is -2.28. The van der Waals surface area contributed by atoms with Gasteiger partial charge < -0.3 is 10.5 Å². The Kier molecular flexibility index (Phi) is 6.18. The number of anilines is 1. The topological polar surface area (TPSA) is 93.7 Å². The summed E-state index contributed by atoms with van der Waals surface area (Å²) in [6, 6.07) is 19.2. The van der Waals surface area contributed by atoms with Crippen LogP contribution in [0.25, 0.3) is 0 Å². The molecular formula is C23H23N5O2S. The molecule has 0 saturated carbocycles. The molecule has 1 aromatic heterocycles. The summed E-state index contributed by atoms with van der Waals surface area (Å²) >= 11 is 1.26. The van der Waals surface area contributed by atoms with Crippen LogP contribution in [0.4, 0.5) is 5.82 Å². The van der Waals surface area contributed by atoms with Crippen LogP contribution in [-0.4, -0.2) is 39.5 Å². The van der Waals surface area contributed by atoms with Gasteiger partial charge in [-0.15, -0.1) is 0 Å². The van der Waals surface area contributed by atoms with E-state index in [4.69, 9.17) is 15.6 Å². The van der Waals surface area contributed by atoms with Crippen molar-refractivity contribution in [1.82, 2.24) is 15.0 Å².